The van der Waals surface area contributed by atoms with E-state index in [9.17, 15) is 18.8 Å². The average molecular weight is 395 g/mol. The van der Waals surface area contributed by atoms with E-state index >= 15 is 0 Å². The molecule has 1 aliphatic carbocycles. The van der Waals surface area contributed by atoms with Crippen molar-refractivity contribution in [1.29, 1.82) is 0 Å². The van der Waals surface area contributed by atoms with Crippen molar-refractivity contribution in [2.75, 3.05) is 13.1 Å². The molecule has 1 aliphatic heterocycles. The van der Waals surface area contributed by atoms with Crippen LogP contribution in [0.1, 0.15) is 42.6 Å². The first-order valence-corrected chi connectivity index (χ1v) is 9.74. The van der Waals surface area contributed by atoms with Gasteiger partial charge in [-0.25, -0.2) is 4.39 Å². The van der Waals surface area contributed by atoms with Crippen molar-refractivity contribution >= 4 is 17.7 Å². The lowest BCUT2D eigenvalue weighted by molar-refractivity contribution is -0.154. The average Bonchev–Trinajstić information content (AvgIpc) is 3.32. The number of hydrogen-bond donors (Lipinski definition) is 0. The van der Waals surface area contributed by atoms with E-state index in [4.69, 9.17) is 4.74 Å². The molecular formula is C23H22FNO4. The number of nitrogens with zero attached hydrogens (tertiary/aromatic N) is 1. The molecule has 1 amide bonds. The van der Waals surface area contributed by atoms with Crippen LogP contribution in [0.5, 0.6) is 5.75 Å². The van der Waals surface area contributed by atoms with Crippen LogP contribution >= 0.6 is 0 Å². The van der Waals surface area contributed by atoms with E-state index in [-0.39, 0.29) is 11.3 Å². The van der Waals surface area contributed by atoms with Gasteiger partial charge in [-0.05, 0) is 51.1 Å². The maximum atomic E-state index is 13.6. The molecule has 150 valence electrons. The molecule has 0 radical (unpaired) electrons. The number of halogens is 1. The minimum absolute atomic E-state index is 0.264. The third kappa shape index (κ3) is 2.35. The predicted molar refractivity (Wildman–Crippen MR) is 104 cm³/mol. The molecule has 1 heterocycles. The van der Waals surface area contributed by atoms with E-state index in [1.54, 1.807) is 36.1 Å². The first-order valence-electron chi connectivity index (χ1n) is 9.74. The summed E-state index contributed by atoms with van der Waals surface area (Å²) in [6.07, 6.45) is 0. The molecule has 6 heteroatoms. The number of amides is 1. The van der Waals surface area contributed by atoms with Gasteiger partial charge in [0, 0.05) is 30.1 Å². The summed E-state index contributed by atoms with van der Waals surface area (Å²) in [6.45, 7) is 6.14. The maximum Gasteiger partial charge on any atom is 0.328 e. The van der Waals surface area contributed by atoms with Gasteiger partial charge in [-0.1, -0.05) is 18.2 Å². The second-order valence-electron chi connectivity index (χ2n) is 7.68. The fraction of sp³-hybridized carbons (Fsp3) is 0.348. The fourth-order valence-corrected chi connectivity index (χ4v) is 4.89. The minimum atomic E-state index is -1.61. The minimum Gasteiger partial charge on any atom is -0.425 e. The molecule has 0 saturated heterocycles. The van der Waals surface area contributed by atoms with Crippen LogP contribution in [0, 0.1) is 16.6 Å². The van der Waals surface area contributed by atoms with Crippen molar-refractivity contribution in [3.05, 3.63) is 65.5 Å². The van der Waals surface area contributed by atoms with Crippen molar-refractivity contribution in [1.82, 2.24) is 4.90 Å². The van der Waals surface area contributed by atoms with Gasteiger partial charge in [0.25, 0.3) is 0 Å². The van der Waals surface area contributed by atoms with Crippen LogP contribution in [-0.4, -0.2) is 35.6 Å². The van der Waals surface area contributed by atoms with E-state index in [2.05, 4.69) is 0 Å². The number of hydrogen-bond acceptors (Lipinski definition) is 4. The zero-order valence-electron chi connectivity index (χ0n) is 16.6. The van der Waals surface area contributed by atoms with Crippen LogP contribution in [-0.2, 0) is 9.59 Å². The van der Waals surface area contributed by atoms with Crippen LogP contribution in [0.25, 0.3) is 0 Å². The summed E-state index contributed by atoms with van der Waals surface area (Å²) in [6, 6.07) is 12.2. The summed E-state index contributed by atoms with van der Waals surface area (Å²) < 4.78 is 18.9. The van der Waals surface area contributed by atoms with E-state index in [1.807, 2.05) is 13.8 Å². The number of rotatable bonds is 5. The molecule has 2 aromatic carbocycles. The molecular weight excluding hydrogens is 373 g/mol. The zero-order chi connectivity index (χ0) is 21.0. The number of para-hydroxylation sites is 1. The van der Waals surface area contributed by atoms with Crippen molar-refractivity contribution in [3.8, 4) is 5.75 Å². The molecule has 1 fully saturated rings. The molecule has 29 heavy (non-hydrogen) atoms. The number of carbonyl (C=O) groups is 3. The number of Topliss-reactive ketones (excluding diaryl/α,β-unsaturated/α-hetero) is 1. The van der Waals surface area contributed by atoms with Crippen molar-refractivity contribution in [2.24, 2.45) is 10.8 Å². The predicted octanol–water partition coefficient (Wildman–Crippen LogP) is 3.59. The largest absolute Gasteiger partial charge is 0.425 e. The van der Waals surface area contributed by atoms with E-state index in [0.29, 0.717) is 24.4 Å². The Bertz CT molecular complexity index is 1010. The van der Waals surface area contributed by atoms with Gasteiger partial charge in [0.1, 0.15) is 11.6 Å². The topological polar surface area (TPSA) is 63.7 Å². The summed E-state index contributed by atoms with van der Waals surface area (Å²) in [5, 5.41) is 0. The van der Waals surface area contributed by atoms with Gasteiger partial charge in [-0.2, -0.15) is 0 Å². The van der Waals surface area contributed by atoms with E-state index in [1.165, 1.54) is 24.3 Å². The van der Waals surface area contributed by atoms with Crippen LogP contribution in [0.15, 0.2) is 48.5 Å². The number of benzene rings is 2. The van der Waals surface area contributed by atoms with Gasteiger partial charge >= 0.3 is 5.97 Å². The molecule has 0 spiro atoms. The van der Waals surface area contributed by atoms with Crippen molar-refractivity contribution in [3.63, 3.8) is 0 Å². The Morgan fingerprint density at radius 3 is 2.31 bits per heavy atom. The van der Waals surface area contributed by atoms with Crippen molar-refractivity contribution in [2.45, 2.75) is 26.7 Å². The maximum absolute atomic E-state index is 13.6. The zero-order valence-corrected chi connectivity index (χ0v) is 16.6. The van der Waals surface area contributed by atoms with Crippen LogP contribution in [0.3, 0.4) is 0 Å². The first-order chi connectivity index (χ1) is 13.8. The Morgan fingerprint density at radius 1 is 1.07 bits per heavy atom. The van der Waals surface area contributed by atoms with E-state index < -0.39 is 34.4 Å². The van der Waals surface area contributed by atoms with Gasteiger partial charge in [0.2, 0.25) is 5.91 Å². The van der Waals surface area contributed by atoms with E-state index in [0.717, 1.165) is 0 Å². The molecule has 3 atom stereocenters. The normalized spacial score (nSPS) is 26.8. The number of ketones is 1. The lowest BCUT2D eigenvalue weighted by atomic mass is 9.86. The van der Waals surface area contributed by atoms with Crippen LogP contribution < -0.4 is 4.74 Å². The standard InChI is InChI=1S/C23H22FNO4/c1-4-25(5-2)20(27)23-18(16-8-6-7-9-17(16)29-21(23)28)22(23,3)19(26)14-10-12-15(24)13-11-14/h6-13,18H,4-5H2,1-3H3/t18-,22+,23+/m1/s1. The molecule has 2 aromatic rings. The summed E-state index contributed by atoms with van der Waals surface area (Å²) in [4.78, 5) is 41.9. The Hall–Kier alpha value is -3.02. The third-order valence-electron chi connectivity index (χ3n) is 6.47. The highest BCUT2D eigenvalue weighted by atomic mass is 19.1. The molecule has 0 aromatic heterocycles. The van der Waals surface area contributed by atoms with Gasteiger partial charge in [0.15, 0.2) is 11.2 Å². The molecule has 0 bridgehead atoms. The van der Waals surface area contributed by atoms with Crippen molar-refractivity contribution < 1.29 is 23.5 Å². The molecule has 0 unspecified atom stereocenters. The third-order valence-corrected chi connectivity index (χ3v) is 6.47. The Kier molecular flexibility index (Phi) is 4.33. The number of esters is 1. The number of ether oxygens (including phenoxy) is 1. The summed E-state index contributed by atoms with van der Waals surface area (Å²) in [5.74, 6) is -2.17. The van der Waals surface area contributed by atoms with Gasteiger partial charge in [0.05, 0.1) is 5.41 Å². The SMILES string of the molecule is CCN(CC)C(=O)[C@]12C(=O)Oc3ccccc3[C@@H]1[C@@]2(C)C(=O)c1ccc(F)cc1. The number of fused-ring (bicyclic) bond motifs is 3. The Morgan fingerprint density at radius 2 is 1.69 bits per heavy atom. The molecule has 1 saturated carbocycles. The molecule has 2 aliphatic rings. The molecule has 4 rings (SSSR count). The van der Waals surface area contributed by atoms with Crippen LogP contribution in [0.4, 0.5) is 4.39 Å². The fourth-order valence-electron chi connectivity index (χ4n) is 4.89. The second-order valence-corrected chi connectivity index (χ2v) is 7.68. The summed E-state index contributed by atoms with van der Waals surface area (Å²) in [5.41, 5.74) is -1.99. The highest BCUT2D eigenvalue weighted by Gasteiger charge is 2.88. The van der Waals surface area contributed by atoms with Gasteiger partial charge < -0.3 is 9.64 Å². The lowest BCUT2D eigenvalue weighted by Gasteiger charge is -2.28. The number of carbonyl (C=O) groups excluding carboxylic acids is 3. The molecule has 0 N–H and O–H groups in total. The second kappa shape index (κ2) is 6.51. The highest BCUT2D eigenvalue weighted by Crippen LogP contribution is 2.78. The van der Waals surface area contributed by atoms with Gasteiger partial charge in [-0.15, -0.1) is 0 Å². The summed E-state index contributed by atoms with van der Waals surface area (Å²) in [7, 11) is 0. The first kappa shape index (κ1) is 19.3. The monoisotopic (exact) mass is 395 g/mol. The smallest absolute Gasteiger partial charge is 0.328 e. The highest BCUT2D eigenvalue weighted by molar-refractivity contribution is 6.21. The lowest BCUT2D eigenvalue weighted by Crippen LogP contribution is -2.47. The summed E-state index contributed by atoms with van der Waals surface area (Å²) >= 11 is 0. The molecule has 5 nitrogen and oxygen atoms in total. The van der Waals surface area contributed by atoms with Crippen LogP contribution in [0.2, 0.25) is 0 Å². The Labute approximate surface area is 168 Å². The Balaban J connectivity index is 1.90. The van der Waals surface area contributed by atoms with Gasteiger partial charge in [-0.3, -0.25) is 14.4 Å². The quantitative estimate of drug-likeness (QED) is 0.336.